The van der Waals surface area contributed by atoms with Crippen LogP contribution in [0.25, 0.3) is 0 Å². The number of para-hydroxylation sites is 2. The number of nitrogens with two attached hydrogens (primary N) is 1. The van der Waals surface area contributed by atoms with Crippen molar-refractivity contribution in [3.05, 3.63) is 36.4 Å². The Morgan fingerprint density at radius 1 is 1.35 bits per heavy atom. The zero-order valence-corrected chi connectivity index (χ0v) is 9.63. The Morgan fingerprint density at radius 3 is 2.88 bits per heavy atom. The Morgan fingerprint density at radius 2 is 2.18 bits per heavy atom. The Kier molecular flexibility index (Phi) is 3.65. The van der Waals surface area contributed by atoms with E-state index in [0.717, 1.165) is 13.0 Å². The van der Waals surface area contributed by atoms with Gasteiger partial charge in [0.15, 0.2) is 6.61 Å². The molecule has 0 bridgehead atoms. The van der Waals surface area contributed by atoms with Gasteiger partial charge in [0.1, 0.15) is 5.75 Å². The maximum Gasteiger partial charge on any atom is 0.260 e. The predicted octanol–water partition coefficient (Wildman–Crippen LogP) is 1.44. The lowest BCUT2D eigenvalue weighted by Crippen LogP contribution is -2.37. The van der Waals surface area contributed by atoms with Crippen LogP contribution in [0.15, 0.2) is 36.4 Å². The number of amides is 1. The first-order valence-electron chi connectivity index (χ1n) is 5.67. The van der Waals surface area contributed by atoms with Crippen molar-refractivity contribution in [3.8, 4) is 5.75 Å². The SMILES string of the molecule is Nc1ccccc1OCC(=O)N1CC=CCC1. The van der Waals surface area contributed by atoms with Crippen LogP contribution in [-0.2, 0) is 4.79 Å². The van der Waals surface area contributed by atoms with E-state index in [1.165, 1.54) is 0 Å². The van der Waals surface area contributed by atoms with Crippen molar-refractivity contribution in [2.45, 2.75) is 6.42 Å². The third kappa shape index (κ3) is 3.00. The van der Waals surface area contributed by atoms with E-state index in [1.54, 1.807) is 17.0 Å². The molecule has 1 aliphatic rings. The predicted molar refractivity (Wildman–Crippen MR) is 66.7 cm³/mol. The van der Waals surface area contributed by atoms with Gasteiger partial charge >= 0.3 is 0 Å². The molecule has 1 heterocycles. The number of anilines is 1. The molecule has 17 heavy (non-hydrogen) atoms. The summed E-state index contributed by atoms with van der Waals surface area (Å²) in [5.41, 5.74) is 6.28. The van der Waals surface area contributed by atoms with E-state index in [1.807, 2.05) is 18.2 Å². The molecule has 0 radical (unpaired) electrons. The quantitative estimate of drug-likeness (QED) is 0.633. The van der Waals surface area contributed by atoms with Crippen molar-refractivity contribution in [1.29, 1.82) is 0 Å². The first kappa shape index (κ1) is 11.5. The minimum Gasteiger partial charge on any atom is -0.482 e. The first-order valence-corrected chi connectivity index (χ1v) is 5.67. The van der Waals surface area contributed by atoms with Crippen molar-refractivity contribution < 1.29 is 9.53 Å². The molecule has 0 aliphatic carbocycles. The van der Waals surface area contributed by atoms with E-state index in [4.69, 9.17) is 10.5 Å². The lowest BCUT2D eigenvalue weighted by molar-refractivity contribution is -0.132. The van der Waals surface area contributed by atoms with Crippen LogP contribution in [0.3, 0.4) is 0 Å². The zero-order chi connectivity index (χ0) is 12.1. The lowest BCUT2D eigenvalue weighted by Gasteiger charge is -2.23. The van der Waals surface area contributed by atoms with E-state index in [-0.39, 0.29) is 12.5 Å². The van der Waals surface area contributed by atoms with Gasteiger partial charge in [-0.25, -0.2) is 0 Å². The fourth-order valence-corrected chi connectivity index (χ4v) is 1.71. The summed E-state index contributed by atoms with van der Waals surface area (Å²) < 4.78 is 5.41. The Hall–Kier alpha value is -1.97. The topological polar surface area (TPSA) is 55.6 Å². The van der Waals surface area contributed by atoms with Gasteiger partial charge in [-0.1, -0.05) is 24.3 Å². The molecule has 0 saturated heterocycles. The van der Waals surface area contributed by atoms with Crippen LogP contribution in [0.1, 0.15) is 6.42 Å². The Bertz CT molecular complexity index is 429. The van der Waals surface area contributed by atoms with Crippen molar-refractivity contribution in [3.63, 3.8) is 0 Å². The number of carbonyl (C=O) groups excluding carboxylic acids is 1. The van der Waals surface area contributed by atoms with Gasteiger partial charge in [0.2, 0.25) is 0 Å². The minimum absolute atomic E-state index is 0.00222. The highest BCUT2D eigenvalue weighted by atomic mass is 16.5. The number of nitrogens with zero attached hydrogens (tertiary/aromatic N) is 1. The highest BCUT2D eigenvalue weighted by molar-refractivity contribution is 5.78. The van der Waals surface area contributed by atoms with Gasteiger partial charge in [-0.2, -0.15) is 0 Å². The average molecular weight is 232 g/mol. The molecule has 1 aliphatic heterocycles. The lowest BCUT2D eigenvalue weighted by atomic mass is 10.2. The maximum absolute atomic E-state index is 11.8. The number of ether oxygens (including phenoxy) is 1. The molecule has 4 heteroatoms. The van der Waals surface area contributed by atoms with Crippen molar-refractivity contribution >= 4 is 11.6 Å². The van der Waals surface area contributed by atoms with Gasteiger partial charge in [0, 0.05) is 13.1 Å². The molecule has 1 aromatic rings. The molecular formula is C13H16N2O2. The molecule has 0 fully saturated rings. The van der Waals surface area contributed by atoms with Gasteiger partial charge in [0.05, 0.1) is 5.69 Å². The molecule has 1 amide bonds. The highest BCUT2D eigenvalue weighted by Gasteiger charge is 2.14. The molecule has 90 valence electrons. The summed E-state index contributed by atoms with van der Waals surface area (Å²) in [5.74, 6) is 0.561. The second-order valence-electron chi connectivity index (χ2n) is 3.93. The summed E-state index contributed by atoms with van der Waals surface area (Å²) in [6.45, 7) is 1.48. The molecule has 1 aromatic carbocycles. The molecule has 0 saturated carbocycles. The van der Waals surface area contributed by atoms with Crippen LogP contribution >= 0.6 is 0 Å². The van der Waals surface area contributed by atoms with E-state index in [2.05, 4.69) is 6.08 Å². The molecule has 0 spiro atoms. The molecule has 2 rings (SSSR count). The molecule has 0 atom stereocenters. The van der Waals surface area contributed by atoms with Crippen LogP contribution in [0, 0.1) is 0 Å². The summed E-state index contributed by atoms with van der Waals surface area (Å²) in [5, 5.41) is 0. The number of benzene rings is 1. The summed E-state index contributed by atoms with van der Waals surface area (Å²) in [4.78, 5) is 13.6. The van der Waals surface area contributed by atoms with Crippen LogP contribution in [0.2, 0.25) is 0 Å². The van der Waals surface area contributed by atoms with Gasteiger partial charge in [-0.05, 0) is 18.6 Å². The largest absolute Gasteiger partial charge is 0.482 e. The number of nitrogen functional groups attached to an aromatic ring is 1. The number of carbonyl (C=O) groups is 1. The normalized spacial score (nSPS) is 14.7. The molecular weight excluding hydrogens is 216 g/mol. The summed E-state index contributed by atoms with van der Waals surface area (Å²) in [6.07, 6.45) is 5.00. The maximum atomic E-state index is 11.8. The molecule has 4 nitrogen and oxygen atoms in total. The molecule has 0 aromatic heterocycles. The van der Waals surface area contributed by atoms with E-state index in [0.29, 0.717) is 18.0 Å². The second kappa shape index (κ2) is 5.39. The number of hydrogen-bond acceptors (Lipinski definition) is 3. The van der Waals surface area contributed by atoms with Crippen LogP contribution in [0.5, 0.6) is 5.75 Å². The fourth-order valence-electron chi connectivity index (χ4n) is 1.71. The molecule has 0 unspecified atom stereocenters. The second-order valence-corrected chi connectivity index (χ2v) is 3.93. The fraction of sp³-hybridized carbons (Fsp3) is 0.308. The summed E-state index contributed by atoms with van der Waals surface area (Å²) in [6, 6.07) is 7.18. The van der Waals surface area contributed by atoms with E-state index < -0.39 is 0 Å². The molecule has 2 N–H and O–H groups in total. The summed E-state index contributed by atoms with van der Waals surface area (Å²) in [7, 11) is 0. The number of rotatable bonds is 3. The van der Waals surface area contributed by atoms with Crippen molar-refractivity contribution in [2.75, 3.05) is 25.4 Å². The smallest absolute Gasteiger partial charge is 0.260 e. The third-order valence-electron chi connectivity index (χ3n) is 2.68. The monoisotopic (exact) mass is 232 g/mol. The van der Waals surface area contributed by atoms with Gasteiger partial charge in [-0.3, -0.25) is 4.79 Å². The highest BCUT2D eigenvalue weighted by Crippen LogP contribution is 2.19. The number of hydrogen-bond donors (Lipinski definition) is 1. The van der Waals surface area contributed by atoms with Crippen LogP contribution in [-0.4, -0.2) is 30.5 Å². The van der Waals surface area contributed by atoms with E-state index in [9.17, 15) is 4.79 Å². The Balaban J connectivity index is 1.88. The van der Waals surface area contributed by atoms with Crippen molar-refractivity contribution in [2.24, 2.45) is 0 Å². The van der Waals surface area contributed by atoms with E-state index >= 15 is 0 Å². The standard InChI is InChI=1S/C13H16N2O2/c14-11-6-2-3-7-12(11)17-10-13(16)15-8-4-1-5-9-15/h1-4,6-7H,5,8-10,14H2. The Labute approximate surface area is 101 Å². The first-order chi connectivity index (χ1) is 8.27. The van der Waals surface area contributed by atoms with Gasteiger partial charge < -0.3 is 15.4 Å². The third-order valence-corrected chi connectivity index (χ3v) is 2.68. The van der Waals surface area contributed by atoms with Crippen molar-refractivity contribution in [1.82, 2.24) is 4.90 Å². The minimum atomic E-state index is -0.00222. The zero-order valence-electron chi connectivity index (χ0n) is 9.63. The van der Waals surface area contributed by atoms with Gasteiger partial charge in [-0.15, -0.1) is 0 Å². The van der Waals surface area contributed by atoms with Crippen LogP contribution in [0.4, 0.5) is 5.69 Å². The average Bonchev–Trinajstić information content (AvgIpc) is 2.38. The summed E-state index contributed by atoms with van der Waals surface area (Å²) >= 11 is 0. The van der Waals surface area contributed by atoms with Gasteiger partial charge in [0.25, 0.3) is 5.91 Å². The van der Waals surface area contributed by atoms with Crippen LogP contribution < -0.4 is 10.5 Å².